The second kappa shape index (κ2) is 8.97. The minimum Gasteiger partial charge on any atom is -0.484 e. The fraction of sp³-hybridized carbons (Fsp3) is 0.217. The Hall–Kier alpha value is -3.05. The van der Waals surface area contributed by atoms with Crippen LogP contribution in [0.3, 0.4) is 0 Å². The fourth-order valence-corrected chi connectivity index (χ4v) is 2.86. The highest BCUT2D eigenvalue weighted by Crippen LogP contribution is 2.28. The average molecular weight is 411 g/mol. The van der Waals surface area contributed by atoms with Crippen molar-refractivity contribution in [1.82, 2.24) is 5.43 Å². The Balaban J connectivity index is 1.50. The molecule has 0 radical (unpaired) electrons. The second-order valence-corrected chi connectivity index (χ2v) is 7.95. The summed E-state index contributed by atoms with van der Waals surface area (Å²) in [6, 6.07) is 18.7. The van der Waals surface area contributed by atoms with E-state index in [9.17, 15) is 4.79 Å². The van der Waals surface area contributed by atoms with Crippen LogP contribution in [0, 0.1) is 0 Å². The summed E-state index contributed by atoms with van der Waals surface area (Å²) in [5.74, 6) is 1.40. The van der Waals surface area contributed by atoms with Crippen LogP contribution in [-0.4, -0.2) is 18.7 Å². The van der Waals surface area contributed by atoms with E-state index in [1.165, 1.54) is 11.8 Å². The van der Waals surface area contributed by atoms with Crippen LogP contribution >= 0.6 is 11.6 Å². The third-order valence-electron chi connectivity index (χ3n) is 4.24. The smallest absolute Gasteiger partial charge is 0.277 e. The highest BCUT2D eigenvalue weighted by atomic mass is 35.5. The lowest BCUT2D eigenvalue weighted by atomic mass is 9.87. The van der Waals surface area contributed by atoms with Crippen molar-refractivity contribution in [2.75, 3.05) is 6.61 Å². The molecule has 0 fully saturated rings. The zero-order valence-corrected chi connectivity index (χ0v) is 17.4. The van der Waals surface area contributed by atoms with Gasteiger partial charge in [-0.05, 0) is 47.4 Å². The first-order chi connectivity index (χ1) is 13.8. The van der Waals surface area contributed by atoms with E-state index in [2.05, 4.69) is 31.3 Å². The molecule has 29 heavy (non-hydrogen) atoms. The summed E-state index contributed by atoms with van der Waals surface area (Å²) in [5.41, 5.74) is 4.49. The lowest BCUT2D eigenvalue weighted by molar-refractivity contribution is -0.123. The normalized spacial score (nSPS) is 11.6. The van der Waals surface area contributed by atoms with E-state index >= 15 is 0 Å². The number of rotatable bonds is 6. The van der Waals surface area contributed by atoms with Crippen molar-refractivity contribution in [3.05, 3.63) is 77.0 Å². The van der Waals surface area contributed by atoms with Crippen LogP contribution in [0.25, 0.3) is 11.3 Å². The molecule has 3 rings (SSSR count). The number of hydrogen-bond donors (Lipinski definition) is 1. The standard InChI is InChI=1S/C23H23ClN2O3/c1-23(2,3)16-8-10-17(11-9-16)28-15-22(27)26-25-14-18-12-13-21(29-18)19-6-4-5-7-20(19)24/h4-14H,15H2,1-3H3,(H,26,27). The zero-order valence-electron chi connectivity index (χ0n) is 16.6. The van der Waals surface area contributed by atoms with Gasteiger partial charge in [0.15, 0.2) is 6.61 Å². The lowest BCUT2D eigenvalue weighted by Gasteiger charge is -2.19. The highest BCUT2D eigenvalue weighted by molar-refractivity contribution is 6.33. The van der Waals surface area contributed by atoms with Gasteiger partial charge in [-0.25, -0.2) is 5.43 Å². The summed E-state index contributed by atoms with van der Waals surface area (Å²) in [5, 5.41) is 4.50. The topological polar surface area (TPSA) is 63.8 Å². The Labute approximate surface area is 175 Å². The molecule has 0 unspecified atom stereocenters. The predicted octanol–water partition coefficient (Wildman–Crippen LogP) is 5.43. The SMILES string of the molecule is CC(C)(C)c1ccc(OCC(=O)NN=Cc2ccc(-c3ccccc3Cl)o2)cc1. The van der Waals surface area contributed by atoms with Gasteiger partial charge in [0.2, 0.25) is 0 Å². The predicted molar refractivity (Wildman–Crippen MR) is 116 cm³/mol. The Bertz CT molecular complexity index is 1000. The molecule has 1 aromatic heterocycles. The summed E-state index contributed by atoms with van der Waals surface area (Å²) in [6.45, 7) is 6.30. The maximum absolute atomic E-state index is 11.9. The van der Waals surface area contributed by atoms with E-state index in [1.807, 2.05) is 42.5 Å². The Morgan fingerprint density at radius 1 is 1.10 bits per heavy atom. The van der Waals surface area contributed by atoms with E-state index in [1.54, 1.807) is 18.2 Å². The van der Waals surface area contributed by atoms with E-state index in [0.717, 1.165) is 5.56 Å². The first kappa shape index (κ1) is 20.7. The quantitative estimate of drug-likeness (QED) is 0.435. The van der Waals surface area contributed by atoms with Gasteiger partial charge in [0.25, 0.3) is 5.91 Å². The van der Waals surface area contributed by atoms with Crippen LogP contribution in [0.1, 0.15) is 32.1 Å². The molecule has 0 atom stereocenters. The Morgan fingerprint density at radius 2 is 1.83 bits per heavy atom. The monoisotopic (exact) mass is 410 g/mol. The molecular formula is C23H23ClN2O3. The largest absolute Gasteiger partial charge is 0.484 e. The van der Waals surface area contributed by atoms with Crippen LogP contribution in [0.2, 0.25) is 5.02 Å². The molecule has 0 spiro atoms. The van der Waals surface area contributed by atoms with Crippen molar-refractivity contribution in [3.63, 3.8) is 0 Å². The molecule has 1 amide bonds. The van der Waals surface area contributed by atoms with Gasteiger partial charge in [0.05, 0.1) is 11.2 Å². The molecule has 0 aliphatic carbocycles. The van der Waals surface area contributed by atoms with Crippen molar-refractivity contribution >= 4 is 23.7 Å². The first-order valence-electron chi connectivity index (χ1n) is 9.23. The van der Waals surface area contributed by atoms with Gasteiger partial charge in [-0.3, -0.25) is 4.79 Å². The van der Waals surface area contributed by atoms with Gasteiger partial charge in [-0.15, -0.1) is 0 Å². The number of halogens is 1. The molecule has 0 saturated carbocycles. The molecule has 0 aliphatic heterocycles. The van der Waals surface area contributed by atoms with E-state index in [0.29, 0.717) is 22.3 Å². The molecule has 0 bridgehead atoms. The van der Waals surface area contributed by atoms with Crippen LogP contribution in [0.5, 0.6) is 5.75 Å². The van der Waals surface area contributed by atoms with Crippen LogP contribution < -0.4 is 10.2 Å². The minimum atomic E-state index is -0.362. The van der Waals surface area contributed by atoms with Gasteiger partial charge in [-0.2, -0.15) is 5.10 Å². The molecule has 1 heterocycles. The Morgan fingerprint density at radius 3 is 2.52 bits per heavy atom. The number of ether oxygens (including phenoxy) is 1. The van der Waals surface area contributed by atoms with Crippen LogP contribution in [-0.2, 0) is 10.2 Å². The average Bonchev–Trinajstić information content (AvgIpc) is 3.15. The molecule has 2 aromatic carbocycles. The number of carbonyl (C=O) groups is 1. The summed E-state index contributed by atoms with van der Waals surface area (Å²) < 4.78 is 11.2. The summed E-state index contributed by atoms with van der Waals surface area (Å²) in [4.78, 5) is 11.9. The van der Waals surface area contributed by atoms with Gasteiger partial charge in [-0.1, -0.05) is 56.6 Å². The molecule has 5 nitrogen and oxygen atoms in total. The minimum absolute atomic E-state index is 0.0716. The molecule has 150 valence electrons. The molecule has 0 saturated heterocycles. The summed E-state index contributed by atoms with van der Waals surface area (Å²) in [7, 11) is 0. The number of hydrogen-bond acceptors (Lipinski definition) is 4. The zero-order chi connectivity index (χ0) is 20.9. The van der Waals surface area contributed by atoms with Gasteiger partial charge in [0.1, 0.15) is 17.3 Å². The van der Waals surface area contributed by atoms with Crippen molar-refractivity contribution in [2.45, 2.75) is 26.2 Å². The van der Waals surface area contributed by atoms with Crippen molar-refractivity contribution in [2.24, 2.45) is 5.10 Å². The summed E-state index contributed by atoms with van der Waals surface area (Å²) in [6.07, 6.45) is 1.43. The van der Waals surface area contributed by atoms with Crippen LogP contribution in [0.15, 0.2) is 70.2 Å². The number of hydrazone groups is 1. The number of amides is 1. The van der Waals surface area contributed by atoms with Crippen molar-refractivity contribution < 1.29 is 13.9 Å². The molecule has 0 aliphatic rings. The lowest BCUT2D eigenvalue weighted by Crippen LogP contribution is -2.24. The van der Waals surface area contributed by atoms with E-state index in [4.69, 9.17) is 20.8 Å². The van der Waals surface area contributed by atoms with Crippen LogP contribution in [0.4, 0.5) is 0 Å². The number of nitrogens with one attached hydrogen (secondary N) is 1. The van der Waals surface area contributed by atoms with Crippen molar-refractivity contribution in [3.8, 4) is 17.1 Å². The maximum atomic E-state index is 11.9. The Kier molecular flexibility index (Phi) is 6.39. The van der Waals surface area contributed by atoms with Gasteiger partial charge in [0, 0.05) is 5.56 Å². The van der Waals surface area contributed by atoms with Crippen molar-refractivity contribution in [1.29, 1.82) is 0 Å². The third-order valence-corrected chi connectivity index (χ3v) is 4.57. The second-order valence-electron chi connectivity index (χ2n) is 7.54. The fourth-order valence-electron chi connectivity index (χ4n) is 2.63. The molecular weight excluding hydrogens is 388 g/mol. The number of carbonyl (C=O) groups excluding carboxylic acids is 1. The number of furan rings is 1. The highest BCUT2D eigenvalue weighted by Gasteiger charge is 2.13. The van der Waals surface area contributed by atoms with Gasteiger partial charge >= 0.3 is 0 Å². The van der Waals surface area contributed by atoms with E-state index < -0.39 is 0 Å². The number of benzene rings is 2. The first-order valence-corrected chi connectivity index (χ1v) is 9.61. The maximum Gasteiger partial charge on any atom is 0.277 e. The molecule has 3 aromatic rings. The summed E-state index contributed by atoms with van der Waals surface area (Å²) >= 11 is 6.17. The number of nitrogens with zero attached hydrogens (tertiary/aromatic N) is 1. The third kappa shape index (κ3) is 5.72. The van der Waals surface area contributed by atoms with E-state index in [-0.39, 0.29) is 17.9 Å². The van der Waals surface area contributed by atoms with Gasteiger partial charge < -0.3 is 9.15 Å². The molecule has 6 heteroatoms. The molecule has 1 N–H and O–H groups in total.